The number of aliphatic hydroxyl groups is 1. The summed E-state index contributed by atoms with van der Waals surface area (Å²) in [7, 11) is 0. The summed E-state index contributed by atoms with van der Waals surface area (Å²) in [6, 6.07) is 3.30. The second-order valence-corrected chi connectivity index (χ2v) is 4.43. The Morgan fingerprint density at radius 1 is 1.25 bits per heavy atom. The molecule has 0 aromatic heterocycles. The fraction of sp³-hybridized carbons (Fsp3) is 0.500. The van der Waals surface area contributed by atoms with E-state index in [9.17, 15) is 5.11 Å². The van der Waals surface area contributed by atoms with Crippen molar-refractivity contribution < 1.29 is 9.84 Å². The van der Waals surface area contributed by atoms with E-state index in [1.165, 1.54) is 0 Å². The lowest BCUT2D eigenvalue weighted by atomic mass is 10.2. The van der Waals surface area contributed by atoms with E-state index >= 15 is 0 Å². The molecule has 0 saturated carbocycles. The number of benzene rings is 1. The molecule has 4 heteroatoms. The number of hydrogen-bond donors (Lipinski definition) is 1. The largest absolute Gasteiger partial charge is 0.489 e. The Labute approximate surface area is 106 Å². The van der Waals surface area contributed by atoms with E-state index in [4.69, 9.17) is 27.9 Å². The molecule has 2 nitrogen and oxygen atoms in total. The average Bonchev–Trinajstić information content (AvgIpc) is 2.27. The zero-order valence-electron chi connectivity index (χ0n) is 9.46. The van der Waals surface area contributed by atoms with Crippen LogP contribution in [0.2, 0.25) is 10.0 Å². The Bertz CT molecular complexity index is 349. The number of aliphatic hydroxyl groups excluding tert-OH is 1. The van der Waals surface area contributed by atoms with E-state index in [0.29, 0.717) is 21.4 Å². The van der Waals surface area contributed by atoms with Crippen molar-refractivity contribution in [1.82, 2.24) is 0 Å². The molecule has 0 radical (unpaired) electrons. The predicted octanol–water partition coefficient (Wildman–Crippen LogP) is 4.05. The van der Waals surface area contributed by atoms with Gasteiger partial charge in [0.2, 0.25) is 0 Å². The van der Waals surface area contributed by atoms with Crippen molar-refractivity contribution in [2.24, 2.45) is 0 Å². The molecule has 1 rings (SSSR count). The summed E-state index contributed by atoms with van der Waals surface area (Å²) in [6.07, 6.45) is 1.92. The SMILES string of the molecule is CCC(CC)Oc1c(Cl)cc(Cl)cc1CO. The van der Waals surface area contributed by atoms with Gasteiger partial charge in [0.05, 0.1) is 17.7 Å². The van der Waals surface area contributed by atoms with Gasteiger partial charge in [-0.2, -0.15) is 0 Å². The van der Waals surface area contributed by atoms with Crippen LogP contribution in [0, 0.1) is 0 Å². The van der Waals surface area contributed by atoms with Crippen LogP contribution < -0.4 is 4.74 Å². The zero-order valence-corrected chi connectivity index (χ0v) is 11.0. The second kappa shape index (κ2) is 6.33. The third-order valence-electron chi connectivity index (χ3n) is 2.45. The highest BCUT2D eigenvalue weighted by Crippen LogP contribution is 2.33. The highest BCUT2D eigenvalue weighted by atomic mass is 35.5. The van der Waals surface area contributed by atoms with Gasteiger partial charge in [-0.25, -0.2) is 0 Å². The van der Waals surface area contributed by atoms with E-state index in [0.717, 1.165) is 12.8 Å². The van der Waals surface area contributed by atoms with Crippen molar-refractivity contribution in [3.8, 4) is 5.75 Å². The van der Waals surface area contributed by atoms with Gasteiger partial charge in [0.25, 0.3) is 0 Å². The fourth-order valence-corrected chi connectivity index (χ4v) is 2.07. The van der Waals surface area contributed by atoms with E-state index < -0.39 is 0 Å². The van der Waals surface area contributed by atoms with Crippen molar-refractivity contribution in [3.63, 3.8) is 0 Å². The third-order valence-corrected chi connectivity index (χ3v) is 2.95. The summed E-state index contributed by atoms with van der Waals surface area (Å²) < 4.78 is 5.77. The highest BCUT2D eigenvalue weighted by Gasteiger charge is 2.13. The van der Waals surface area contributed by atoms with E-state index in [1.807, 2.05) is 0 Å². The molecule has 0 bridgehead atoms. The first-order valence-corrected chi connectivity index (χ1v) is 6.13. The van der Waals surface area contributed by atoms with Crippen LogP contribution in [0.5, 0.6) is 5.75 Å². The lowest BCUT2D eigenvalue weighted by Gasteiger charge is -2.19. The topological polar surface area (TPSA) is 29.5 Å². The number of rotatable bonds is 5. The quantitative estimate of drug-likeness (QED) is 0.868. The molecule has 1 aromatic carbocycles. The van der Waals surface area contributed by atoms with Gasteiger partial charge in [-0.05, 0) is 25.0 Å². The maximum absolute atomic E-state index is 9.23. The standard InChI is InChI=1S/C12H16Cl2O2/c1-3-10(4-2)16-12-8(7-15)5-9(13)6-11(12)14/h5-6,10,15H,3-4,7H2,1-2H3. The maximum atomic E-state index is 9.23. The summed E-state index contributed by atoms with van der Waals surface area (Å²) in [5.74, 6) is 0.544. The zero-order chi connectivity index (χ0) is 12.1. The minimum absolute atomic E-state index is 0.115. The molecule has 0 fully saturated rings. The van der Waals surface area contributed by atoms with Gasteiger partial charge in [0, 0.05) is 10.6 Å². The number of ether oxygens (including phenoxy) is 1. The molecular formula is C12H16Cl2O2. The van der Waals surface area contributed by atoms with Crippen molar-refractivity contribution in [1.29, 1.82) is 0 Å². The summed E-state index contributed by atoms with van der Waals surface area (Å²) in [6.45, 7) is 3.98. The monoisotopic (exact) mass is 262 g/mol. The summed E-state index contributed by atoms with van der Waals surface area (Å²) in [5, 5.41) is 10.2. The molecule has 0 amide bonds. The predicted molar refractivity (Wildman–Crippen MR) is 67.4 cm³/mol. The van der Waals surface area contributed by atoms with Gasteiger partial charge in [0.1, 0.15) is 5.75 Å². The highest BCUT2D eigenvalue weighted by molar-refractivity contribution is 6.35. The van der Waals surface area contributed by atoms with Crippen LogP contribution in [0.3, 0.4) is 0 Å². The smallest absolute Gasteiger partial charge is 0.143 e. The number of hydrogen-bond acceptors (Lipinski definition) is 2. The first-order valence-electron chi connectivity index (χ1n) is 5.37. The van der Waals surface area contributed by atoms with Crippen molar-refractivity contribution in [2.75, 3.05) is 0 Å². The Morgan fingerprint density at radius 2 is 1.88 bits per heavy atom. The Balaban J connectivity index is 3.01. The van der Waals surface area contributed by atoms with E-state index in [2.05, 4.69) is 13.8 Å². The van der Waals surface area contributed by atoms with Gasteiger partial charge < -0.3 is 9.84 Å². The maximum Gasteiger partial charge on any atom is 0.143 e. The van der Waals surface area contributed by atoms with Gasteiger partial charge >= 0.3 is 0 Å². The van der Waals surface area contributed by atoms with Crippen molar-refractivity contribution in [3.05, 3.63) is 27.7 Å². The Kier molecular flexibility index (Phi) is 5.39. The van der Waals surface area contributed by atoms with Crippen LogP contribution in [0.25, 0.3) is 0 Å². The molecule has 0 unspecified atom stereocenters. The van der Waals surface area contributed by atoms with Crippen LogP contribution in [0.4, 0.5) is 0 Å². The van der Waals surface area contributed by atoms with Crippen molar-refractivity contribution in [2.45, 2.75) is 39.4 Å². The molecule has 0 aliphatic rings. The molecule has 90 valence electrons. The molecule has 0 atom stereocenters. The lowest BCUT2D eigenvalue weighted by molar-refractivity contribution is 0.184. The van der Waals surface area contributed by atoms with Crippen LogP contribution in [-0.4, -0.2) is 11.2 Å². The van der Waals surface area contributed by atoms with Crippen LogP contribution >= 0.6 is 23.2 Å². The molecule has 0 heterocycles. The van der Waals surface area contributed by atoms with Gasteiger partial charge in [-0.15, -0.1) is 0 Å². The Hall–Kier alpha value is -0.440. The molecule has 0 aliphatic heterocycles. The molecular weight excluding hydrogens is 247 g/mol. The summed E-state index contributed by atoms with van der Waals surface area (Å²) >= 11 is 11.9. The first-order chi connectivity index (χ1) is 7.62. The molecule has 0 spiro atoms. The van der Waals surface area contributed by atoms with Crippen LogP contribution in [-0.2, 0) is 6.61 Å². The summed E-state index contributed by atoms with van der Waals surface area (Å²) in [4.78, 5) is 0. The first kappa shape index (κ1) is 13.6. The second-order valence-electron chi connectivity index (χ2n) is 3.59. The molecule has 1 aromatic rings. The van der Waals surface area contributed by atoms with Gasteiger partial charge in [0.15, 0.2) is 0 Å². The van der Waals surface area contributed by atoms with Crippen LogP contribution in [0.1, 0.15) is 32.3 Å². The minimum atomic E-state index is -0.129. The molecule has 16 heavy (non-hydrogen) atoms. The average molecular weight is 263 g/mol. The minimum Gasteiger partial charge on any atom is -0.489 e. The van der Waals surface area contributed by atoms with Crippen molar-refractivity contribution >= 4 is 23.2 Å². The van der Waals surface area contributed by atoms with E-state index in [1.54, 1.807) is 12.1 Å². The van der Waals surface area contributed by atoms with E-state index in [-0.39, 0.29) is 12.7 Å². The van der Waals surface area contributed by atoms with Gasteiger partial charge in [-0.1, -0.05) is 37.0 Å². The molecule has 1 N–H and O–H groups in total. The van der Waals surface area contributed by atoms with Crippen LogP contribution in [0.15, 0.2) is 12.1 Å². The number of halogens is 2. The summed E-state index contributed by atoms with van der Waals surface area (Å²) in [5.41, 5.74) is 0.629. The lowest BCUT2D eigenvalue weighted by Crippen LogP contribution is -2.15. The Morgan fingerprint density at radius 3 is 2.38 bits per heavy atom. The fourth-order valence-electron chi connectivity index (χ4n) is 1.49. The normalized spacial score (nSPS) is 10.9. The third kappa shape index (κ3) is 3.27. The molecule has 0 saturated heterocycles. The van der Waals surface area contributed by atoms with Gasteiger partial charge in [-0.3, -0.25) is 0 Å². The molecule has 0 aliphatic carbocycles.